The molecule has 140 valence electrons. The van der Waals surface area contributed by atoms with Crippen LogP contribution in [0.3, 0.4) is 0 Å². The quantitative estimate of drug-likeness (QED) is 0.691. The van der Waals surface area contributed by atoms with Crippen LogP contribution >= 0.6 is 0 Å². The summed E-state index contributed by atoms with van der Waals surface area (Å²) in [5, 5.41) is 3.04. The van der Waals surface area contributed by atoms with Gasteiger partial charge in [-0.2, -0.15) is 0 Å². The van der Waals surface area contributed by atoms with Crippen molar-refractivity contribution in [3.63, 3.8) is 0 Å². The van der Waals surface area contributed by atoms with Gasteiger partial charge in [0.15, 0.2) is 0 Å². The fourth-order valence-electron chi connectivity index (χ4n) is 2.78. The van der Waals surface area contributed by atoms with Gasteiger partial charge in [-0.05, 0) is 44.5 Å². The molecule has 6 nitrogen and oxygen atoms in total. The number of morpholine rings is 1. The number of ether oxygens (including phenoxy) is 3. The fraction of sp³-hybridized carbons (Fsp3) is 0.632. The first-order chi connectivity index (χ1) is 12.0. The molecule has 1 saturated heterocycles. The van der Waals surface area contributed by atoms with Gasteiger partial charge in [0.05, 0.1) is 26.9 Å². The van der Waals surface area contributed by atoms with Gasteiger partial charge >= 0.3 is 0 Å². The van der Waals surface area contributed by atoms with Crippen LogP contribution in [0.5, 0.6) is 11.5 Å². The van der Waals surface area contributed by atoms with E-state index in [9.17, 15) is 4.79 Å². The standard InChI is InChI=1S/C19H30N2O4/c1-19(2,21-10-13-24-14-11-21)15-20-18(22)5-4-12-25-17-8-6-16(23-3)7-9-17/h6-9H,4-5,10-15H2,1-3H3,(H,20,22). The second kappa shape index (κ2) is 9.63. The molecule has 0 atom stereocenters. The Balaban J connectivity index is 1.61. The smallest absolute Gasteiger partial charge is 0.220 e. The van der Waals surface area contributed by atoms with Gasteiger partial charge in [-0.15, -0.1) is 0 Å². The van der Waals surface area contributed by atoms with Gasteiger partial charge < -0.3 is 19.5 Å². The molecule has 0 unspecified atom stereocenters. The lowest BCUT2D eigenvalue weighted by molar-refractivity contribution is -0.122. The largest absolute Gasteiger partial charge is 0.497 e. The highest BCUT2D eigenvalue weighted by Gasteiger charge is 2.28. The highest BCUT2D eigenvalue weighted by Crippen LogP contribution is 2.17. The molecule has 0 aliphatic carbocycles. The normalized spacial score (nSPS) is 15.6. The first kappa shape index (κ1) is 19.5. The summed E-state index contributed by atoms with van der Waals surface area (Å²) in [7, 11) is 1.63. The van der Waals surface area contributed by atoms with Crippen LogP contribution in [0.4, 0.5) is 0 Å². The van der Waals surface area contributed by atoms with Gasteiger partial charge in [0.25, 0.3) is 0 Å². The van der Waals surface area contributed by atoms with E-state index in [0.717, 1.165) is 37.8 Å². The minimum absolute atomic E-state index is 0.0565. The zero-order valence-electron chi connectivity index (χ0n) is 15.5. The molecule has 0 radical (unpaired) electrons. The first-order valence-electron chi connectivity index (χ1n) is 8.87. The minimum atomic E-state index is -0.0565. The van der Waals surface area contributed by atoms with Crippen LogP contribution in [0.25, 0.3) is 0 Å². The molecule has 1 aromatic carbocycles. The lowest BCUT2D eigenvalue weighted by Crippen LogP contribution is -2.55. The third kappa shape index (κ3) is 6.55. The Hall–Kier alpha value is -1.79. The van der Waals surface area contributed by atoms with E-state index in [0.29, 0.717) is 26.0 Å². The van der Waals surface area contributed by atoms with Crippen LogP contribution in [0.15, 0.2) is 24.3 Å². The van der Waals surface area contributed by atoms with Gasteiger partial charge in [0, 0.05) is 31.6 Å². The number of hydrogen-bond acceptors (Lipinski definition) is 5. The van der Waals surface area contributed by atoms with Gasteiger partial charge in [0.2, 0.25) is 5.91 Å². The molecule has 0 aromatic heterocycles. The van der Waals surface area contributed by atoms with E-state index in [4.69, 9.17) is 14.2 Å². The van der Waals surface area contributed by atoms with Gasteiger partial charge in [-0.3, -0.25) is 9.69 Å². The molecule has 1 aliphatic rings. The number of benzene rings is 1. The van der Waals surface area contributed by atoms with Crippen LogP contribution in [-0.2, 0) is 9.53 Å². The number of methoxy groups -OCH3 is 1. The predicted octanol–water partition coefficient (Wildman–Crippen LogP) is 2.08. The third-order valence-electron chi connectivity index (χ3n) is 4.46. The van der Waals surface area contributed by atoms with Crippen LogP contribution in [0, 0.1) is 0 Å². The second-order valence-corrected chi connectivity index (χ2v) is 6.82. The van der Waals surface area contributed by atoms with E-state index in [1.807, 2.05) is 24.3 Å². The molecule has 2 rings (SSSR count). The Morgan fingerprint density at radius 1 is 1.20 bits per heavy atom. The van der Waals surface area contributed by atoms with E-state index < -0.39 is 0 Å². The highest BCUT2D eigenvalue weighted by atomic mass is 16.5. The van der Waals surface area contributed by atoms with Crippen LogP contribution in [0.2, 0.25) is 0 Å². The van der Waals surface area contributed by atoms with Gasteiger partial charge in [-0.25, -0.2) is 0 Å². The Kier molecular flexibility index (Phi) is 7.52. The zero-order valence-corrected chi connectivity index (χ0v) is 15.5. The molecule has 6 heteroatoms. The summed E-state index contributed by atoms with van der Waals surface area (Å²) in [6.45, 7) is 8.84. The fourth-order valence-corrected chi connectivity index (χ4v) is 2.78. The monoisotopic (exact) mass is 350 g/mol. The Morgan fingerprint density at radius 2 is 1.84 bits per heavy atom. The average Bonchev–Trinajstić information content (AvgIpc) is 2.65. The molecule has 0 saturated carbocycles. The maximum Gasteiger partial charge on any atom is 0.220 e. The molecular formula is C19H30N2O4. The molecule has 1 amide bonds. The SMILES string of the molecule is COc1ccc(OCCCC(=O)NCC(C)(C)N2CCOCC2)cc1. The predicted molar refractivity (Wildman–Crippen MR) is 97.2 cm³/mol. The molecule has 1 aromatic rings. The summed E-state index contributed by atoms with van der Waals surface area (Å²) in [6, 6.07) is 7.44. The number of rotatable bonds is 9. The molecule has 1 N–H and O–H groups in total. The summed E-state index contributed by atoms with van der Waals surface area (Å²) in [5.74, 6) is 1.66. The van der Waals surface area contributed by atoms with Crippen molar-refractivity contribution in [1.29, 1.82) is 0 Å². The number of carbonyl (C=O) groups excluding carboxylic acids is 1. The van der Waals surface area contributed by atoms with Crippen molar-refractivity contribution in [3.05, 3.63) is 24.3 Å². The zero-order chi connectivity index (χ0) is 18.1. The molecule has 25 heavy (non-hydrogen) atoms. The van der Waals surface area contributed by atoms with E-state index >= 15 is 0 Å². The second-order valence-electron chi connectivity index (χ2n) is 6.82. The van der Waals surface area contributed by atoms with Crippen molar-refractivity contribution >= 4 is 5.91 Å². The van der Waals surface area contributed by atoms with Crippen molar-refractivity contribution in [2.75, 3.05) is 46.6 Å². The maximum absolute atomic E-state index is 12.0. The minimum Gasteiger partial charge on any atom is -0.497 e. The maximum atomic E-state index is 12.0. The highest BCUT2D eigenvalue weighted by molar-refractivity contribution is 5.75. The lowest BCUT2D eigenvalue weighted by atomic mass is 10.0. The third-order valence-corrected chi connectivity index (χ3v) is 4.46. The topological polar surface area (TPSA) is 60.0 Å². The number of hydrogen-bond donors (Lipinski definition) is 1. The van der Waals surface area contributed by atoms with Crippen molar-refractivity contribution < 1.29 is 19.0 Å². The van der Waals surface area contributed by atoms with Crippen molar-refractivity contribution in [1.82, 2.24) is 10.2 Å². The van der Waals surface area contributed by atoms with E-state index in [1.165, 1.54) is 0 Å². The Labute approximate surface area is 150 Å². The number of carbonyl (C=O) groups is 1. The van der Waals surface area contributed by atoms with E-state index in [2.05, 4.69) is 24.1 Å². The summed E-state index contributed by atoms with van der Waals surface area (Å²) in [6.07, 6.45) is 1.16. The molecule has 0 spiro atoms. The molecular weight excluding hydrogens is 320 g/mol. The van der Waals surface area contributed by atoms with Crippen LogP contribution in [-0.4, -0.2) is 62.9 Å². The molecule has 1 aliphatic heterocycles. The van der Waals surface area contributed by atoms with E-state index in [-0.39, 0.29) is 11.4 Å². The summed E-state index contributed by atoms with van der Waals surface area (Å²) < 4.78 is 16.1. The summed E-state index contributed by atoms with van der Waals surface area (Å²) >= 11 is 0. The molecule has 0 bridgehead atoms. The van der Waals surface area contributed by atoms with Gasteiger partial charge in [0.1, 0.15) is 11.5 Å². The Morgan fingerprint density at radius 3 is 2.48 bits per heavy atom. The first-order valence-corrected chi connectivity index (χ1v) is 8.87. The summed E-state index contributed by atoms with van der Waals surface area (Å²) in [5.41, 5.74) is -0.0565. The number of nitrogens with one attached hydrogen (secondary N) is 1. The Bertz CT molecular complexity index is 525. The van der Waals surface area contributed by atoms with Crippen LogP contribution < -0.4 is 14.8 Å². The number of nitrogens with zero attached hydrogens (tertiary/aromatic N) is 1. The van der Waals surface area contributed by atoms with Gasteiger partial charge in [-0.1, -0.05) is 0 Å². The van der Waals surface area contributed by atoms with E-state index in [1.54, 1.807) is 7.11 Å². The summed E-state index contributed by atoms with van der Waals surface area (Å²) in [4.78, 5) is 14.4. The molecule has 1 fully saturated rings. The van der Waals surface area contributed by atoms with Crippen LogP contribution in [0.1, 0.15) is 26.7 Å². The van der Waals surface area contributed by atoms with Crippen molar-refractivity contribution in [2.45, 2.75) is 32.2 Å². The van der Waals surface area contributed by atoms with Crippen molar-refractivity contribution in [3.8, 4) is 11.5 Å². The number of amides is 1. The molecule has 1 heterocycles. The lowest BCUT2D eigenvalue weighted by Gasteiger charge is -2.40. The average molecular weight is 350 g/mol. The van der Waals surface area contributed by atoms with Crippen molar-refractivity contribution in [2.24, 2.45) is 0 Å².